The summed E-state index contributed by atoms with van der Waals surface area (Å²) >= 11 is 0. The molecule has 0 bridgehead atoms. The van der Waals surface area contributed by atoms with Crippen LogP contribution in [0.3, 0.4) is 0 Å². The second kappa shape index (κ2) is 3.66. The molecule has 1 saturated carbocycles. The first-order chi connectivity index (χ1) is 6.98. The minimum absolute atomic E-state index is 0.280. The summed E-state index contributed by atoms with van der Waals surface area (Å²) in [6.45, 7) is 9.12. The van der Waals surface area contributed by atoms with Crippen LogP contribution in [0.1, 0.15) is 62.6 Å². The summed E-state index contributed by atoms with van der Waals surface area (Å²) in [6, 6.07) is 7.09. The van der Waals surface area contributed by atoms with Crippen molar-refractivity contribution in [3.05, 3.63) is 34.9 Å². The Bertz CT molecular complexity index is 351. The summed E-state index contributed by atoms with van der Waals surface area (Å²) in [5.74, 6) is 0.859. The first-order valence-corrected chi connectivity index (χ1v) is 6.09. The molecule has 15 heavy (non-hydrogen) atoms. The van der Waals surface area contributed by atoms with Crippen LogP contribution in [0.25, 0.3) is 0 Å². The number of benzene rings is 1. The zero-order chi connectivity index (χ0) is 11.1. The fourth-order valence-electron chi connectivity index (χ4n) is 2.52. The molecule has 82 valence electrons. The maximum Gasteiger partial charge on any atom is -0.0129 e. The molecule has 0 heterocycles. The highest BCUT2D eigenvalue weighted by Gasteiger charge is 2.21. The van der Waals surface area contributed by atoms with Gasteiger partial charge in [0.2, 0.25) is 0 Å². The monoisotopic (exact) mass is 202 g/mol. The van der Waals surface area contributed by atoms with E-state index in [1.54, 1.807) is 5.56 Å². The van der Waals surface area contributed by atoms with Crippen molar-refractivity contribution in [2.45, 2.75) is 58.3 Å². The standard InChI is InChI=1S/C15H22/c1-11-10-13(12-6-5-7-12)8-9-14(11)15(2,3)4/h8-10,12H,5-7H2,1-4H3. The van der Waals surface area contributed by atoms with Crippen molar-refractivity contribution < 1.29 is 0 Å². The van der Waals surface area contributed by atoms with Crippen molar-refractivity contribution in [3.63, 3.8) is 0 Å². The number of hydrogen-bond acceptors (Lipinski definition) is 0. The number of rotatable bonds is 1. The topological polar surface area (TPSA) is 0 Å². The van der Waals surface area contributed by atoms with Crippen molar-refractivity contribution in [2.75, 3.05) is 0 Å². The zero-order valence-electron chi connectivity index (χ0n) is 10.4. The van der Waals surface area contributed by atoms with Gasteiger partial charge in [0.15, 0.2) is 0 Å². The molecule has 1 aromatic rings. The van der Waals surface area contributed by atoms with Crippen LogP contribution in [-0.4, -0.2) is 0 Å². The maximum atomic E-state index is 2.41. The summed E-state index contributed by atoms with van der Waals surface area (Å²) in [6.07, 6.45) is 4.22. The Morgan fingerprint density at radius 1 is 1.13 bits per heavy atom. The molecule has 0 atom stereocenters. The first kappa shape index (κ1) is 10.7. The predicted octanol–water partition coefficient (Wildman–Crippen LogP) is 4.56. The van der Waals surface area contributed by atoms with Crippen molar-refractivity contribution in [2.24, 2.45) is 0 Å². The van der Waals surface area contributed by atoms with Crippen LogP contribution in [0.4, 0.5) is 0 Å². The fraction of sp³-hybridized carbons (Fsp3) is 0.600. The molecular formula is C15H22. The van der Waals surface area contributed by atoms with Crippen LogP contribution >= 0.6 is 0 Å². The minimum Gasteiger partial charge on any atom is -0.0584 e. The number of aryl methyl sites for hydroxylation is 1. The van der Waals surface area contributed by atoms with Crippen molar-refractivity contribution in [1.82, 2.24) is 0 Å². The molecule has 1 aliphatic carbocycles. The van der Waals surface area contributed by atoms with Gasteiger partial charge in [-0.05, 0) is 47.8 Å². The third kappa shape index (κ3) is 2.09. The van der Waals surface area contributed by atoms with Gasteiger partial charge in [-0.15, -0.1) is 0 Å². The second-order valence-electron chi connectivity index (χ2n) is 5.95. The van der Waals surface area contributed by atoms with Gasteiger partial charge in [-0.2, -0.15) is 0 Å². The third-order valence-electron chi connectivity index (χ3n) is 3.64. The van der Waals surface area contributed by atoms with E-state index in [4.69, 9.17) is 0 Å². The fourth-order valence-corrected chi connectivity index (χ4v) is 2.52. The number of hydrogen-bond donors (Lipinski definition) is 0. The summed E-state index contributed by atoms with van der Waals surface area (Å²) in [5.41, 5.74) is 4.80. The van der Waals surface area contributed by atoms with E-state index in [0.717, 1.165) is 5.92 Å². The Balaban J connectivity index is 2.30. The van der Waals surface area contributed by atoms with Gasteiger partial charge in [0, 0.05) is 0 Å². The van der Waals surface area contributed by atoms with Gasteiger partial charge in [-0.25, -0.2) is 0 Å². The lowest BCUT2D eigenvalue weighted by atomic mass is 9.77. The predicted molar refractivity (Wildman–Crippen MR) is 66.5 cm³/mol. The average molecular weight is 202 g/mol. The summed E-state index contributed by atoms with van der Waals surface area (Å²) < 4.78 is 0. The van der Waals surface area contributed by atoms with Crippen LogP contribution in [0, 0.1) is 6.92 Å². The molecule has 1 aromatic carbocycles. The van der Waals surface area contributed by atoms with E-state index in [9.17, 15) is 0 Å². The van der Waals surface area contributed by atoms with Crippen LogP contribution in [0.2, 0.25) is 0 Å². The molecule has 0 N–H and O–H groups in total. The molecule has 0 heteroatoms. The SMILES string of the molecule is Cc1cc(C2CCC2)ccc1C(C)(C)C. The Morgan fingerprint density at radius 3 is 2.20 bits per heavy atom. The van der Waals surface area contributed by atoms with Crippen LogP contribution in [0.5, 0.6) is 0 Å². The highest BCUT2D eigenvalue weighted by Crippen LogP contribution is 2.38. The lowest BCUT2D eigenvalue weighted by Crippen LogP contribution is -2.14. The molecule has 0 spiro atoms. The molecule has 0 unspecified atom stereocenters. The lowest BCUT2D eigenvalue weighted by molar-refractivity contribution is 0.419. The van der Waals surface area contributed by atoms with Gasteiger partial charge >= 0.3 is 0 Å². The molecule has 1 aliphatic rings. The quantitative estimate of drug-likeness (QED) is 0.626. The second-order valence-corrected chi connectivity index (χ2v) is 5.95. The van der Waals surface area contributed by atoms with E-state index in [1.165, 1.54) is 30.4 Å². The van der Waals surface area contributed by atoms with E-state index < -0.39 is 0 Å². The van der Waals surface area contributed by atoms with Crippen molar-refractivity contribution in [3.8, 4) is 0 Å². The Kier molecular flexibility index (Phi) is 2.62. The highest BCUT2D eigenvalue weighted by atomic mass is 14.3. The van der Waals surface area contributed by atoms with Crippen LogP contribution in [-0.2, 0) is 5.41 Å². The largest absolute Gasteiger partial charge is 0.0584 e. The Morgan fingerprint density at radius 2 is 1.80 bits per heavy atom. The van der Waals surface area contributed by atoms with E-state index in [-0.39, 0.29) is 5.41 Å². The molecule has 0 aromatic heterocycles. The molecule has 0 saturated heterocycles. The maximum absolute atomic E-state index is 2.41. The molecule has 0 radical (unpaired) electrons. The van der Waals surface area contributed by atoms with Gasteiger partial charge in [-0.1, -0.05) is 45.4 Å². The minimum atomic E-state index is 0.280. The zero-order valence-corrected chi connectivity index (χ0v) is 10.4. The van der Waals surface area contributed by atoms with Crippen molar-refractivity contribution in [1.29, 1.82) is 0 Å². The van der Waals surface area contributed by atoms with E-state index in [1.807, 2.05) is 0 Å². The van der Waals surface area contributed by atoms with Gasteiger partial charge in [0.05, 0.1) is 0 Å². The normalized spacial score (nSPS) is 17.6. The van der Waals surface area contributed by atoms with E-state index in [2.05, 4.69) is 45.9 Å². The van der Waals surface area contributed by atoms with E-state index in [0.29, 0.717) is 0 Å². The molecular weight excluding hydrogens is 180 g/mol. The van der Waals surface area contributed by atoms with Gasteiger partial charge in [0.25, 0.3) is 0 Å². The molecule has 2 rings (SSSR count). The first-order valence-electron chi connectivity index (χ1n) is 6.09. The summed E-state index contributed by atoms with van der Waals surface area (Å²) in [4.78, 5) is 0. The summed E-state index contributed by atoms with van der Waals surface area (Å²) in [7, 11) is 0. The van der Waals surface area contributed by atoms with Crippen LogP contribution < -0.4 is 0 Å². The Hall–Kier alpha value is -0.780. The Labute approximate surface area is 93.7 Å². The molecule has 0 aliphatic heterocycles. The highest BCUT2D eigenvalue weighted by molar-refractivity contribution is 5.37. The average Bonchev–Trinajstić information content (AvgIpc) is 1.97. The molecule has 0 amide bonds. The van der Waals surface area contributed by atoms with Gasteiger partial charge in [-0.3, -0.25) is 0 Å². The molecule has 0 nitrogen and oxygen atoms in total. The van der Waals surface area contributed by atoms with Crippen LogP contribution in [0.15, 0.2) is 18.2 Å². The smallest absolute Gasteiger partial charge is 0.0129 e. The van der Waals surface area contributed by atoms with Gasteiger partial charge < -0.3 is 0 Å². The summed E-state index contributed by atoms with van der Waals surface area (Å²) in [5, 5.41) is 0. The van der Waals surface area contributed by atoms with Gasteiger partial charge in [0.1, 0.15) is 0 Å². The third-order valence-corrected chi connectivity index (χ3v) is 3.64. The van der Waals surface area contributed by atoms with E-state index >= 15 is 0 Å². The van der Waals surface area contributed by atoms with Crippen molar-refractivity contribution >= 4 is 0 Å². The lowest BCUT2D eigenvalue weighted by Gasteiger charge is -2.28. The molecule has 1 fully saturated rings.